The Kier molecular flexibility index (Phi) is 12.6. The van der Waals surface area contributed by atoms with Gasteiger partial charge >= 0.3 is 0 Å². The highest BCUT2D eigenvalue weighted by Crippen LogP contribution is 2.27. The summed E-state index contributed by atoms with van der Waals surface area (Å²) in [6.07, 6.45) is 7.49. The van der Waals surface area contributed by atoms with E-state index in [0.717, 1.165) is 12.3 Å². The monoisotopic (exact) mass is 285 g/mol. The Morgan fingerprint density at radius 2 is 1.85 bits per heavy atom. The summed E-state index contributed by atoms with van der Waals surface area (Å²) in [5.41, 5.74) is 5.78. The van der Waals surface area contributed by atoms with Gasteiger partial charge in [-0.3, -0.25) is 0 Å². The van der Waals surface area contributed by atoms with Crippen molar-refractivity contribution in [3.05, 3.63) is 24.7 Å². The number of hydrogen-bond donors (Lipinski definition) is 1. The van der Waals surface area contributed by atoms with E-state index < -0.39 is 0 Å². The molecule has 0 saturated carbocycles. The highest BCUT2D eigenvalue weighted by Gasteiger charge is 2.37. The molecule has 0 aromatic heterocycles. The summed E-state index contributed by atoms with van der Waals surface area (Å²) in [5, 5.41) is 0. The predicted molar refractivity (Wildman–Crippen MR) is 88.4 cm³/mol. The Balaban J connectivity index is 0. The molecule has 0 aromatic carbocycles. The van der Waals surface area contributed by atoms with Gasteiger partial charge in [0.15, 0.2) is 12.2 Å². The van der Waals surface area contributed by atoms with Crippen LogP contribution in [-0.4, -0.2) is 18.2 Å². The van der Waals surface area contributed by atoms with Crippen LogP contribution < -0.4 is 5.73 Å². The molecule has 3 atom stereocenters. The number of rotatable bonds is 2. The number of ether oxygens (including phenoxy) is 2. The van der Waals surface area contributed by atoms with E-state index >= 15 is 0 Å². The molecular weight excluding hydrogens is 250 g/mol. The van der Waals surface area contributed by atoms with Gasteiger partial charge in [-0.2, -0.15) is 0 Å². The lowest BCUT2D eigenvalue weighted by molar-refractivity contribution is 0.126. The maximum absolute atomic E-state index is 5.78. The van der Waals surface area contributed by atoms with E-state index in [-0.39, 0.29) is 25.7 Å². The summed E-state index contributed by atoms with van der Waals surface area (Å²) in [6.45, 7) is 14.3. The van der Waals surface area contributed by atoms with E-state index in [1.807, 2.05) is 26.0 Å². The Morgan fingerprint density at radius 3 is 2.25 bits per heavy atom. The van der Waals surface area contributed by atoms with Gasteiger partial charge in [0.1, 0.15) is 0 Å². The Bertz CT molecular complexity index is 272. The van der Waals surface area contributed by atoms with Crippen molar-refractivity contribution < 1.29 is 9.47 Å². The standard InChI is InChI=1S/C8H11NO2.C6H14.C2H6.CH4/c1-5-10-7-4-2-3-6(9)8(7)11-5;1-4-6(3)5-2;1-2;/h2,4,6-8H,1,3,9H2;6H,4-5H2,1-3H3;1-2H3;1H4/t6-,7+,8-;;;/m0.../s1. The molecule has 0 bridgehead atoms. The minimum absolute atomic E-state index is 0. The highest BCUT2D eigenvalue weighted by molar-refractivity contribution is 5.09. The SMILES string of the molecule is C.C=C1O[C@H]2[C@@H](N)CC=C[C@H]2O1.CC.CCC(C)CC. The normalized spacial score (nSPS) is 25.9. The second-order valence-electron chi connectivity index (χ2n) is 4.79. The van der Waals surface area contributed by atoms with Crippen molar-refractivity contribution in [3.63, 3.8) is 0 Å². The molecule has 2 aliphatic rings. The second-order valence-corrected chi connectivity index (χ2v) is 4.79. The molecule has 2 rings (SSSR count). The smallest absolute Gasteiger partial charge is 0.272 e. The molecule has 20 heavy (non-hydrogen) atoms. The van der Waals surface area contributed by atoms with E-state index in [1.165, 1.54) is 12.8 Å². The van der Waals surface area contributed by atoms with Crippen LogP contribution in [0.2, 0.25) is 0 Å². The minimum atomic E-state index is -0.0208. The third-order valence-corrected chi connectivity index (χ3v) is 3.41. The van der Waals surface area contributed by atoms with Crippen LogP contribution in [0, 0.1) is 5.92 Å². The predicted octanol–water partition coefficient (Wildman–Crippen LogP) is 4.63. The molecule has 0 unspecified atom stereocenters. The van der Waals surface area contributed by atoms with E-state index in [0.29, 0.717) is 5.95 Å². The average molecular weight is 285 g/mol. The maximum Gasteiger partial charge on any atom is 0.272 e. The van der Waals surface area contributed by atoms with E-state index in [4.69, 9.17) is 15.2 Å². The summed E-state index contributed by atoms with van der Waals surface area (Å²) in [5.74, 6) is 1.33. The quantitative estimate of drug-likeness (QED) is 0.752. The van der Waals surface area contributed by atoms with Gasteiger partial charge in [-0.1, -0.05) is 61.0 Å². The van der Waals surface area contributed by atoms with Crippen LogP contribution in [0.1, 0.15) is 61.3 Å². The summed E-state index contributed by atoms with van der Waals surface area (Å²) >= 11 is 0. The summed E-state index contributed by atoms with van der Waals surface area (Å²) < 4.78 is 10.5. The van der Waals surface area contributed by atoms with Crippen molar-refractivity contribution in [2.24, 2.45) is 11.7 Å². The lowest BCUT2D eigenvalue weighted by atomic mass is 9.97. The zero-order valence-corrected chi connectivity index (χ0v) is 13.2. The summed E-state index contributed by atoms with van der Waals surface area (Å²) in [7, 11) is 0. The molecule has 0 radical (unpaired) electrons. The Morgan fingerprint density at radius 1 is 1.30 bits per heavy atom. The van der Waals surface area contributed by atoms with E-state index in [9.17, 15) is 0 Å². The summed E-state index contributed by atoms with van der Waals surface area (Å²) in [4.78, 5) is 0. The molecule has 120 valence electrons. The molecule has 0 aromatic rings. The van der Waals surface area contributed by atoms with Gasteiger partial charge < -0.3 is 15.2 Å². The number of fused-ring (bicyclic) bond motifs is 1. The zero-order chi connectivity index (χ0) is 14.8. The lowest BCUT2D eigenvalue weighted by Gasteiger charge is -2.22. The van der Waals surface area contributed by atoms with E-state index in [2.05, 4.69) is 27.4 Å². The van der Waals surface area contributed by atoms with Gasteiger partial charge in [0.25, 0.3) is 5.95 Å². The van der Waals surface area contributed by atoms with Crippen molar-refractivity contribution in [1.82, 2.24) is 0 Å². The van der Waals surface area contributed by atoms with E-state index in [1.54, 1.807) is 0 Å². The van der Waals surface area contributed by atoms with Crippen LogP contribution in [0.4, 0.5) is 0 Å². The molecule has 2 N–H and O–H groups in total. The van der Waals surface area contributed by atoms with Gasteiger partial charge in [0, 0.05) is 6.04 Å². The molecule has 1 aliphatic carbocycles. The first kappa shape index (κ1) is 21.3. The largest absolute Gasteiger partial charge is 0.457 e. The molecule has 1 fully saturated rings. The molecule has 1 heterocycles. The van der Waals surface area contributed by atoms with Gasteiger partial charge in [-0.25, -0.2) is 0 Å². The van der Waals surface area contributed by atoms with Gasteiger partial charge in [-0.05, 0) is 25.0 Å². The van der Waals surface area contributed by atoms with Crippen LogP contribution in [0.3, 0.4) is 0 Å². The molecule has 0 spiro atoms. The Labute approximate surface area is 126 Å². The molecule has 3 heteroatoms. The van der Waals surface area contributed by atoms with Crippen LogP contribution in [0.25, 0.3) is 0 Å². The fourth-order valence-electron chi connectivity index (χ4n) is 1.74. The maximum atomic E-state index is 5.78. The van der Waals surface area contributed by atoms with Crippen molar-refractivity contribution in [2.45, 2.75) is 79.6 Å². The number of nitrogens with two attached hydrogens (primary N) is 1. The first-order chi connectivity index (χ1) is 9.08. The van der Waals surface area contributed by atoms with Crippen LogP contribution in [-0.2, 0) is 9.47 Å². The topological polar surface area (TPSA) is 44.5 Å². The van der Waals surface area contributed by atoms with Crippen LogP contribution in [0.5, 0.6) is 0 Å². The van der Waals surface area contributed by atoms with Crippen molar-refractivity contribution >= 4 is 0 Å². The third kappa shape index (κ3) is 6.99. The average Bonchev–Trinajstić information content (AvgIpc) is 2.83. The van der Waals surface area contributed by atoms with Crippen LogP contribution >= 0.6 is 0 Å². The summed E-state index contributed by atoms with van der Waals surface area (Å²) in [6, 6.07) is 0.0456. The highest BCUT2D eigenvalue weighted by atomic mass is 16.7. The number of hydrogen-bond acceptors (Lipinski definition) is 3. The molecule has 1 aliphatic heterocycles. The van der Waals surface area contributed by atoms with Crippen molar-refractivity contribution in [2.75, 3.05) is 0 Å². The third-order valence-electron chi connectivity index (χ3n) is 3.41. The molecular formula is C17H35NO2. The van der Waals surface area contributed by atoms with Gasteiger partial charge in [0.2, 0.25) is 0 Å². The fourth-order valence-corrected chi connectivity index (χ4v) is 1.74. The first-order valence-corrected chi connectivity index (χ1v) is 7.52. The second kappa shape index (κ2) is 11.8. The molecule has 3 nitrogen and oxygen atoms in total. The lowest BCUT2D eigenvalue weighted by Crippen LogP contribution is -2.42. The zero-order valence-electron chi connectivity index (χ0n) is 13.2. The Hall–Kier alpha value is -0.960. The van der Waals surface area contributed by atoms with Crippen molar-refractivity contribution in [1.29, 1.82) is 0 Å². The van der Waals surface area contributed by atoms with Crippen molar-refractivity contribution in [3.8, 4) is 0 Å². The minimum Gasteiger partial charge on any atom is -0.457 e. The van der Waals surface area contributed by atoms with Crippen LogP contribution in [0.15, 0.2) is 24.7 Å². The first-order valence-electron chi connectivity index (χ1n) is 7.52. The fraction of sp³-hybridized carbons (Fsp3) is 0.765. The molecule has 1 saturated heterocycles. The van der Waals surface area contributed by atoms with Gasteiger partial charge in [-0.15, -0.1) is 0 Å². The molecule has 0 amide bonds. The van der Waals surface area contributed by atoms with Gasteiger partial charge in [0.05, 0.1) is 0 Å².